The third kappa shape index (κ3) is 6.26. The number of imidazole rings is 1. The smallest absolute Gasteiger partial charge is 0.335 e. The summed E-state index contributed by atoms with van der Waals surface area (Å²) in [4.78, 5) is 23.0. The molecule has 40 heavy (non-hydrogen) atoms. The number of piperidine rings is 1. The van der Waals surface area contributed by atoms with Crippen LogP contribution in [0.5, 0.6) is 5.88 Å². The Bertz CT molecular complexity index is 1510. The van der Waals surface area contributed by atoms with Crippen molar-refractivity contribution >= 4 is 28.6 Å². The summed E-state index contributed by atoms with van der Waals surface area (Å²) in [6, 6.07) is 14.7. The molecule has 1 aliphatic heterocycles. The van der Waals surface area contributed by atoms with E-state index in [-0.39, 0.29) is 18.1 Å². The number of fused-ring (bicyclic) bond motifs is 1. The van der Waals surface area contributed by atoms with Gasteiger partial charge < -0.3 is 24.3 Å². The monoisotopic (exact) mass is 568 g/mol. The quantitative estimate of drug-likeness (QED) is 0.288. The lowest BCUT2D eigenvalue weighted by molar-refractivity contribution is 0.0444. The average molecular weight is 569 g/mol. The van der Waals surface area contributed by atoms with Crippen molar-refractivity contribution in [2.75, 3.05) is 26.8 Å². The number of carboxylic acid groups (broad SMARTS) is 1. The van der Waals surface area contributed by atoms with Crippen LogP contribution in [0, 0.1) is 5.82 Å². The molecule has 2 aromatic carbocycles. The summed E-state index contributed by atoms with van der Waals surface area (Å²) < 4.78 is 27.1. The molecule has 0 radical (unpaired) electrons. The Hall–Kier alpha value is -3.57. The number of rotatable bonds is 10. The minimum atomic E-state index is -0.992. The lowest BCUT2D eigenvalue weighted by atomic mass is 9.90. The SMILES string of the molecule is COCCn1c(CN2CC[C@@H](c3cccc(OCc4ccc(Cl)cc4F)n3)[C@H](O)C2)nc2ccc(C(=O)O)cc21. The number of pyridine rings is 1. The first kappa shape index (κ1) is 28.0. The third-order valence-corrected chi connectivity index (χ3v) is 7.38. The second kappa shape index (κ2) is 12.3. The molecule has 3 heterocycles. The number of aromatic nitrogens is 3. The Balaban J connectivity index is 1.26. The van der Waals surface area contributed by atoms with E-state index in [1.165, 1.54) is 6.07 Å². The Morgan fingerprint density at radius 3 is 2.77 bits per heavy atom. The zero-order chi connectivity index (χ0) is 28.2. The maximum absolute atomic E-state index is 14.1. The summed E-state index contributed by atoms with van der Waals surface area (Å²) in [5.74, 6) is -0.479. The fourth-order valence-corrected chi connectivity index (χ4v) is 5.21. The van der Waals surface area contributed by atoms with Crippen molar-refractivity contribution < 1.29 is 28.9 Å². The number of methoxy groups -OCH3 is 1. The van der Waals surface area contributed by atoms with Gasteiger partial charge in [0, 0.05) is 42.8 Å². The third-order valence-electron chi connectivity index (χ3n) is 7.14. The number of carboxylic acids is 1. The zero-order valence-electron chi connectivity index (χ0n) is 22.0. The van der Waals surface area contributed by atoms with E-state index in [2.05, 4.69) is 9.88 Å². The fraction of sp³-hybridized carbons (Fsp3) is 0.345. The van der Waals surface area contributed by atoms with E-state index in [1.54, 1.807) is 43.5 Å². The van der Waals surface area contributed by atoms with Crippen molar-refractivity contribution in [3.63, 3.8) is 0 Å². The van der Waals surface area contributed by atoms with Gasteiger partial charge in [0.1, 0.15) is 18.2 Å². The number of halogens is 2. The van der Waals surface area contributed by atoms with E-state index in [4.69, 9.17) is 26.1 Å². The molecular weight excluding hydrogens is 539 g/mol. The van der Waals surface area contributed by atoms with Gasteiger partial charge in [-0.15, -0.1) is 0 Å². The second-order valence-electron chi connectivity index (χ2n) is 9.80. The van der Waals surface area contributed by atoms with Crippen LogP contribution < -0.4 is 4.74 Å². The van der Waals surface area contributed by atoms with Gasteiger partial charge in [0.25, 0.3) is 0 Å². The van der Waals surface area contributed by atoms with Gasteiger partial charge in [0.05, 0.1) is 41.5 Å². The lowest BCUT2D eigenvalue weighted by Crippen LogP contribution is -2.43. The number of carbonyl (C=O) groups is 1. The highest BCUT2D eigenvalue weighted by atomic mass is 35.5. The van der Waals surface area contributed by atoms with E-state index >= 15 is 0 Å². The van der Waals surface area contributed by atoms with Crippen LogP contribution in [-0.2, 0) is 24.4 Å². The van der Waals surface area contributed by atoms with Crippen LogP contribution in [0.3, 0.4) is 0 Å². The van der Waals surface area contributed by atoms with Gasteiger partial charge in [-0.2, -0.15) is 0 Å². The molecule has 0 spiro atoms. The first-order valence-electron chi connectivity index (χ1n) is 13.0. The van der Waals surface area contributed by atoms with Crippen LogP contribution in [0.15, 0.2) is 54.6 Å². The average Bonchev–Trinajstić information content (AvgIpc) is 3.27. The number of hydrogen-bond acceptors (Lipinski definition) is 7. The molecule has 0 saturated carbocycles. The number of benzene rings is 2. The second-order valence-corrected chi connectivity index (χ2v) is 10.2. The molecule has 1 fully saturated rings. The van der Waals surface area contributed by atoms with Gasteiger partial charge in [-0.1, -0.05) is 23.7 Å². The topological polar surface area (TPSA) is 110 Å². The lowest BCUT2D eigenvalue weighted by Gasteiger charge is -2.35. The Morgan fingerprint density at radius 2 is 2.02 bits per heavy atom. The molecule has 0 aliphatic carbocycles. The van der Waals surface area contributed by atoms with Gasteiger partial charge in [-0.25, -0.2) is 19.2 Å². The van der Waals surface area contributed by atoms with Gasteiger partial charge in [-0.05, 0) is 49.4 Å². The number of ether oxygens (including phenoxy) is 2. The van der Waals surface area contributed by atoms with Gasteiger partial charge in [0.2, 0.25) is 5.88 Å². The van der Waals surface area contributed by atoms with E-state index in [9.17, 15) is 19.4 Å². The van der Waals surface area contributed by atoms with Crippen molar-refractivity contribution in [1.82, 2.24) is 19.4 Å². The van der Waals surface area contributed by atoms with E-state index in [0.717, 1.165) is 17.0 Å². The van der Waals surface area contributed by atoms with Gasteiger partial charge >= 0.3 is 5.97 Å². The molecule has 9 nitrogen and oxygen atoms in total. The fourth-order valence-electron chi connectivity index (χ4n) is 5.05. The molecule has 2 atom stereocenters. The Labute approximate surface area is 235 Å². The zero-order valence-corrected chi connectivity index (χ0v) is 22.7. The summed E-state index contributed by atoms with van der Waals surface area (Å²) >= 11 is 5.82. The number of aromatic carboxylic acids is 1. The molecule has 1 saturated heterocycles. The number of β-amino-alcohol motifs (C(OH)–C–C–N with tert-alkyl or cyclic N) is 1. The van der Waals surface area contributed by atoms with Crippen LogP contribution in [0.2, 0.25) is 5.02 Å². The van der Waals surface area contributed by atoms with Crippen molar-refractivity contribution in [1.29, 1.82) is 0 Å². The highest BCUT2D eigenvalue weighted by Gasteiger charge is 2.31. The molecule has 1 aliphatic rings. The largest absolute Gasteiger partial charge is 0.478 e. The summed E-state index contributed by atoms with van der Waals surface area (Å²) in [5.41, 5.74) is 2.74. The first-order valence-corrected chi connectivity index (χ1v) is 13.4. The number of hydrogen-bond donors (Lipinski definition) is 2. The highest BCUT2D eigenvalue weighted by Crippen LogP contribution is 2.30. The number of nitrogens with zero attached hydrogens (tertiary/aromatic N) is 4. The van der Waals surface area contributed by atoms with Crippen LogP contribution >= 0.6 is 11.6 Å². The maximum atomic E-state index is 14.1. The molecule has 2 aromatic heterocycles. The molecule has 0 unspecified atom stereocenters. The standard InChI is InChI=1S/C29H30ClFN4O5/c1-39-12-11-35-25-13-18(29(37)38)6-8-24(25)32-27(35)16-34-10-9-21(26(36)15-34)23-3-2-4-28(33-23)40-17-19-5-7-20(30)14-22(19)31/h2-8,13-14,21,26,36H,9-12,15-17H2,1H3,(H,37,38)/t21-,26+/m0/s1. The Morgan fingerprint density at radius 1 is 1.18 bits per heavy atom. The van der Waals surface area contributed by atoms with E-state index in [0.29, 0.717) is 61.2 Å². The van der Waals surface area contributed by atoms with Crippen molar-refractivity contribution in [3.8, 4) is 5.88 Å². The molecule has 5 rings (SSSR count). The molecule has 4 aromatic rings. The minimum absolute atomic E-state index is 0.0124. The molecule has 0 amide bonds. The summed E-state index contributed by atoms with van der Waals surface area (Å²) in [5, 5.41) is 20.8. The molecule has 2 N–H and O–H groups in total. The highest BCUT2D eigenvalue weighted by molar-refractivity contribution is 6.30. The summed E-state index contributed by atoms with van der Waals surface area (Å²) in [6.45, 7) is 2.61. The van der Waals surface area contributed by atoms with Crippen LogP contribution in [0.25, 0.3) is 11.0 Å². The maximum Gasteiger partial charge on any atom is 0.335 e. The first-order chi connectivity index (χ1) is 19.3. The predicted octanol–water partition coefficient (Wildman–Crippen LogP) is 4.50. The molecule has 210 valence electrons. The van der Waals surface area contributed by atoms with Crippen molar-refractivity contribution in [3.05, 3.63) is 88.1 Å². The number of aliphatic hydroxyl groups is 1. The summed E-state index contributed by atoms with van der Waals surface area (Å²) in [6.07, 6.45) is 0.00544. The normalized spacial score (nSPS) is 17.8. The molecule has 11 heteroatoms. The van der Waals surface area contributed by atoms with Crippen LogP contribution in [-0.4, -0.2) is 68.5 Å². The molecular formula is C29H30ClFN4O5. The number of aliphatic hydroxyl groups excluding tert-OH is 1. The van der Waals surface area contributed by atoms with E-state index < -0.39 is 17.9 Å². The van der Waals surface area contributed by atoms with Crippen LogP contribution in [0.4, 0.5) is 4.39 Å². The van der Waals surface area contributed by atoms with Gasteiger partial charge in [0.15, 0.2) is 0 Å². The van der Waals surface area contributed by atoms with Crippen molar-refractivity contribution in [2.24, 2.45) is 0 Å². The predicted molar refractivity (Wildman–Crippen MR) is 147 cm³/mol. The summed E-state index contributed by atoms with van der Waals surface area (Å²) in [7, 11) is 1.62. The van der Waals surface area contributed by atoms with Crippen molar-refractivity contribution in [2.45, 2.75) is 38.1 Å². The van der Waals surface area contributed by atoms with Gasteiger partial charge in [-0.3, -0.25) is 4.90 Å². The Kier molecular flexibility index (Phi) is 8.60. The van der Waals surface area contributed by atoms with Crippen LogP contribution in [0.1, 0.15) is 39.8 Å². The molecule has 0 bridgehead atoms. The van der Waals surface area contributed by atoms with E-state index in [1.807, 2.05) is 16.7 Å². The number of likely N-dealkylation sites (tertiary alicyclic amines) is 1. The minimum Gasteiger partial charge on any atom is -0.478 e.